The highest BCUT2D eigenvalue weighted by Gasteiger charge is 2.21. The van der Waals surface area contributed by atoms with Gasteiger partial charge in [-0.3, -0.25) is 9.59 Å². The number of carbonyl (C=O) groups is 2. The van der Waals surface area contributed by atoms with E-state index in [1.807, 2.05) is 24.3 Å². The zero-order valence-corrected chi connectivity index (χ0v) is 13.9. The van der Waals surface area contributed by atoms with Crippen molar-refractivity contribution >= 4 is 39.4 Å². The van der Waals surface area contributed by atoms with E-state index in [2.05, 4.69) is 15.9 Å². The number of ketones is 1. The van der Waals surface area contributed by atoms with Gasteiger partial charge in [-0.15, -0.1) is 11.8 Å². The first-order valence-corrected chi connectivity index (χ1v) is 8.13. The zero-order chi connectivity index (χ0) is 16.1. The van der Waals surface area contributed by atoms with Gasteiger partial charge in [0, 0.05) is 21.4 Å². The van der Waals surface area contributed by atoms with Crippen molar-refractivity contribution in [2.24, 2.45) is 5.73 Å². The van der Waals surface area contributed by atoms with Crippen LogP contribution in [0.15, 0.2) is 57.9 Å². The van der Waals surface area contributed by atoms with Crippen LogP contribution in [0.5, 0.6) is 0 Å². The van der Waals surface area contributed by atoms with E-state index in [4.69, 9.17) is 5.73 Å². The second-order valence-corrected chi connectivity index (χ2v) is 6.79. The Labute approximate surface area is 140 Å². The minimum Gasteiger partial charge on any atom is -0.369 e. The Morgan fingerprint density at radius 2 is 1.68 bits per heavy atom. The molecule has 2 aromatic carbocycles. The number of hydrogen-bond donors (Lipinski definition) is 1. The Bertz CT molecular complexity index is 674. The van der Waals surface area contributed by atoms with Crippen LogP contribution in [0.2, 0.25) is 0 Å². The molecule has 0 bridgehead atoms. The predicted molar refractivity (Wildman–Crippen MR) is 88.3 cm³/mol. The van der Waals surface area contributed by atoms with E-state index >= 15 is 0 Å². The van der Waals surface area contributed by atoms with Gasteiger partial charge in [-0.05, 0) is 48.5 Å². The van der Waals surface area contributed by atoms with Crippen molar-refractivity contribution in [1.29, 1.82) is 0 Å². The summed E-state index contributed by atoms with van der Waals surface area (Å²) in [5.41, 5.74) is 5.75. The van der Waals surface area contributed by atoms with E-state index in [-0.39, 0.29) is 12.2 Å². The fourth-order valence-corrected chi connectivity index (χ4v) is 3.04. The smallest absolute Gasteiger partial charge is 0.231 e. The number of carbonyl (C=O) groups excluding carboxylic acids is 2. The summed E-state index contributed by atoms with van der Waals surface area (Å²) in [4.78, 5) is 24.6. The van der Waals surface area contributed by atoms with E-state index < -0.39 is 17.0 Å². The van der Waals surface area contributed by atoms with E-state index in [0.717, 1.165) is 9.37 Å². The first-order valence-electron chi connectivity index (χ1n) is 6.46. The molecular formula is C16H13BrFNO2S. The van der Waals surface area contributed by atoms with E-state index in [1.165, 1.54) is 36.0 Å². The van der Waals surface area contributed by atoms with Gasteiger partial charge in [-0.25, -0.2) is 4.39 Å². The molecule has 0 radical (unpaired) electrons. The zero-order valence-electron chi connectivity index (χ0n) is 11.5. The highest BCUT2D eigenvalue weighted by atomic mass is 79.9. The number of nitrogens with two attached hydrogens (primary N) is 1. The molecule has 114 valence electrons. The number of thioether (sulfide) groups is 1. The summed E-state index contributed by atoms with van der Waals surface area (Å²) in [5, 5.41) is -0.668. The largest absolute Gasteiger partial charge is 0.369 e. The Kier molecular flexibility index (Phi) is 5.74. The number of halogens is 2. The minimum absolute atomic E-state index is 0.0261. The Hall–Kier alpha value is -1.66. The second kappa shape index (κ2) is 7.56. The van der Waals surface area contributed by atoms with Gasteiger partial charge in [0.15, 0.2) is 5.78 Å². The lowest BCUT2D eigenvalue weighted by Crippen LogP contribution is -2.28. The first-order chi connectivity index (χ1) is 10.5. The third-order valence-electron chi connectivity index (χ3n) is 2.95. The van der Waals surface area contributed by atoms with Gasteiger partial charge in [-0.1, -0.05) is 15.9 Å². The highest BCUT2D eigenvalue weighted by molar-refractivity contribution is 9.10. The lowest BCUT2D eigenvalue weighted by Gasteiger charge is -2.12. The molecule has 2 N–H and O–H groups in total. The van der Waals surface area contributed by atoms with Crippen LogP contribution in [-0.4, -0.2) is 16.9 Å². The van der Waals surface area contributed by atoms with Gasteiger partial charge in [-0.2, -0.15) is 0 Å². The lowest BCUT2D eigenvalue weighted by atomic mass is 10.1. The second-order valence-electron chi connectivity index (χ2n) is 4.60. The van der Waals surface area contributed by atoms with Crippen molar-refractivity contribution < 1.29 is 14.0 Å². The van der Waals surface area contributed by atoms with Crippen molar-refractivity contribution in [2.45, 2.75) is 16.6 Å². The molecule has 0 saturated carbocycles. The van der Waals surface area contributed by atoms with Crippen molar-refractivity contribution in [3.63, 3.8) is 0 Å². The maximum Gasteiger partial charge on any atom is 0.231 e. The third kappa shape index (κ3) is 4.68. The maximum absolute atomic E-state index is 12.9. The number of Topliss-reactive ketones (excluding diaryl/α,β-unsaturated/α-hetero) is 1. The molecule has 0 aliphatic rings. The fraction of sp³-hybridized carbons (Fsp3) is 0.125. The molecule has 0 aromatic heterocycles. The van der Waals surface area contributed by atoms with Crippen LogP contribution >= 0.6 is 27.7 Å². The molecule has 2 rings (SSSR count). The van der Waals surface area contributed by atoms with Crippen molar-refractivity contribution in [1.82, 2.24) is 0 Å². The van der Waals surface area contributed by atoms with Crippen molar-refractivity contribution in [3.05, 3.63) is 64.4 Å². The molecule has 1 unspecified atom stereocenters. The van der Waals surface area contributed by atoms with Gasteiger partial charge < -0.3 is 5.73 Å². The predicted octanol–water partition coefficient (Wildman–Crippen LogP) is 3.81. The number of rotatable bonds is 6. The Balaban J connectivity index is 2.08. The van der Waals surface area contributed by atoms with Gasteiger partial charge in [0.1, 0.15) is 5.82 Å². The number of primary amides is 1. The average Bonchev–Trinajstić information content (AvgIpc) is 2.49. The average molecular weight is 382 g/mol. The van der Waals surface area contributed by atoms with Crippen LogP contribution in [0.1, 0.15) is 16.8 Å². The summed E-state index contributed by atoms with van der Waals surface area (Å²) in [7, 11) is 0. The summed E-state index contributed by atoms with van der Waals surface area (Å²) in [6.45, 7) is 0. The Morgan fingerprint density at radius 3 is 2.23 bits per heavy atom. The molecule has 22 heavy (non-hydrogen) atoms. The summed E-state index contributed by atoms with van der Waals surface area (Å²) in [6.07, 6.45) is -0.0261. The number of amides is 1. The highest BCUT2D eigenvalue weighted by Crippen LogP contribution is 2.27. The standard InChI is InChI=1S/C16H13BrFNO2S/c17-11-3-7-13(8-4-11)22-15(16(19)21)9-14(20)10-1-5-12(18)6-2-10/h1-8,15H,9H2,(H2,19,21). The number of benzene rings is 2. The quantitative estimate of drug-likeness (QED) is 0.611. The van der Waals surface area contributed by atoms with Crippen molar-refractivity contribution in [3.8, 4) is 0 Å². The van der Waals surface area contributed by atoms with E-state index in [1.54, 1.807) is 0 Å². The summed E-state index contributed by atoms with van der Waals surface area (Å²) in [6, 6.07) is 12.6. The van der Waals surface area contributed by atoms with Crippen LogP contribution in [0, 0.1) is 5.82 Å². The van der Waals surface area contributed by atoms with Gasteiger partial charge in [0.25, 0.3) is 0 Å². The summed E-state index contributed by atoms with van der Waals surface area (Å²) in [5.74, 6) is -1.20. The Morgan fingerprint density at radius 1 is 1.09 bits per heavy atom. The maximum atomic E-state index is 12.9. The molecule has 1 atom stereocenters. The third-order valence-corrected chi connectivity index (χ3v) is 4.70. The molecule has 0 heterocycles. The van der Waals surface area contributed by atoms with Crippen LogP contribution in [-0.2, 0) is 4.79 Å². The molecule has 0 aliphatic heterocycles. The first kappa shape index (κ1) is 16.7. The normalized spacial score (nSPS) is 11.9. The molecule has 3 nitrogen and oxygen atoms in total. The molecule has 2 aromatic rings. The molecule has 0 fully saturated rings. The SMILES string of the molecule is NC(=O)C(CC(=O)c1ccc(F)cc1)Sc1ccc(Br)cc1. The molecule has 0 saturated heterocycles. The van der Waals surface area contributed by atoms with Gasteiger partial charge in [0.2, 0.25) is 5.91 Å². The molecule has 1 amide bonds. The summed E-state index contributed by atoms with van der Waals surface area (Å²) >= 11 is 4.57. The molecule has 6 heteroatoms. The topological polar surface area (TPSA) is 60.2 Å². The van der Waals surface area contributed by atoms with Crippen LogP contribution in [0.3, 0.4) is 0 Å². The van der Waals surface area contributed by atoms with Crippen LogP contribution in [0.25, 0.3) is 0 Å². The van der Waals surface area contributed by atoms with Crippen LogP contribution < -0.4 is 5.73 Å². The van der Waals surface area contributed by atoms with Crippen LogP contribution in [0.4, 0.5) is 4.39 Å². The molecule has 0 aliphatic carbocycles. The molecule has 0 spiro atoms. The van der Waals surface area contributed by atoms with Gasteiger partial charge in [0.05, 0.1) is 5.25 Å². The monoisotopic (exact) mass is 381 g/mol. The van der Waals surface area contributed by atoms with E-state index in [9.17, 15) is 14.0 Å². The number of hydrogen-bond acceptors (Lipinski definition) is 3. The summed E-state index contributed by atoms with van der Waals surface area (Å²) < 4.78 is 13.8. The minimum atomic E-state index is -0.668. The van der Waals surface area contributed by atoms with E-state index in [0.29, 0.717) is 5.56 Å². The van der Waals surface area contributed by atoms with Gasteiger partial charge >= 0.3 is 0 Å². The molecular weight excluding hydrogens is 369 g/mol. The van der Waals surface area contributed by atoms with Crippen molar-refractivity contribution in [2.75, 3.05) is 0 Å². The fourth-order valence-electron chi connectivity index (χ4n) is 1.80. The lowest BCUT2D eigenvalue weighted by molar-refractivity contribution is -0.117.